The van der Waals surface area contributed by atoms with Gasteiger partial charge in [-0.15, -0.1) is 22.0 Å². The largest absolute Gasteiger partial charge is 0.340 e. The molecule has 0 spiro atoms. The van der Waals surface area contributed by atoms with Crippen molar-refractivity contribution in [2.24, 2.45) is 5.73 Å². The maximum atomic E-state index is 13.4. The molecule has 2 amide bonds. The summed E-state index contributed by atoms with van der Waals surface area (Å²) in [6.45, 7) is 4.38. The SMILES string of the molecule is CCCCCC1(CCCCC)S[C@@H]2C(NC(=O)C(N)c3cccc(Cl)c3)C(=O)N2C1c1nn[nH]n1. The van der Waals surface area contributed by atoms with Crippen LogP contribution in [0.25, 0.3) is 0 Å². The fourth-order valence-corrected chi connectivity index (χ4v) is 7.39. The molecule has 4 atom stereocenters. The highest BCUT2D eigenvalue weighted by Crippen LogP contribution is 2.61. The molecule has 1 aromatic heterocycles. The standard InChI is InChI=1S/C24H34ClN7O2S/c1-3-5-7-12-24(13-8-6-4-2)19(20-28-30-31-29-20)32-22(34)18(23(32)35-24)27-21(33)17(26)15-10-9-11-16(25)14-15/h9-11,14,17-19,23H,3-8,12-13,26H2,1-2H3,(H,27,33)(H,28,29,30,31)/t17?,18?,19?,23-/m1/s1. The number of β-lactam (4-membered cyclic amide) rings is 1. The zero-order valence-electron chi connectivity index (χ0n) is 20.2. The summed E-state index contributed by atoms with van der Waals surface area (Å²) in [5, 5.41) is 18.2. The Hall–Kier alpha value is -2.17. The van der Waals surface area contributed by atoms with Crippen molar-refractivity contribution in [3.8, 4) is 0 Å². The van der Waals surface area contributed by atoms with E-state index in [9.17, 15) is 9.59 Å². The van der Waals surface area contributed by atoms with Crippen LogP contribution < -0.4 is 11.1 Å². The second-order valence-corrected chi connectivity index (χ2v) is 11.4. The lowest BCUT2D eigenvalue weighted by Crippen LogP contribution is -2.68. The van der Waals surface area contributed by atoms with Crippen LogP contribution in [0.4, 0.5) is 0 Å². The molecule has 2 aliphatic rings. The lowest BCUT2D eigenvalue weighted by Gasteiger charge is -2.44. The van der Waals surface area contributed by atoms with Crippen LogP contribution in [0.15, 0.2) is 24.3 Å². The van der Waals surface area contributed by atoms with E-state index in [1.807, 2.05) is 4.90 Å². The number of nitrogens with one attached hydrogen (secondary N) is 2. The third kappa shape index (κ3) is 5.20. The summed E-state index contributed by atoms with van der Waals surface area (Å²) in [6.07, 6.45) is 8.54. The first-order valence-electron chi connectivity index (χ1n) is 12.5. The summed E-state index contributed by atoms with van der Waals surface area (Å²) in [4.78, 5) is 28.2. The van der Waals surface area contributed by atoms with Crippen molar-refractivity contribution in [3.05, 3.63) is 40.7 Å². The van der Waals surface area contributed by atoms with E-state index in [2.05, 4.69) is 39.8 Å². The molecule has 4 N–H and O–H groups in total. The zero-order valence-corrected chi connectivity index (χ0v) is 21.8. The highest BCUT2D eigenvalue weighted by atomic mass is 35.5. The van der Waals surface area contributed by atoms with E-state index >= 15 is 0 Å². The van der Waals surface area contributed by atoms with E-state index in [1.54, 1.807) is 36.0 Å². The Labute approximate surface area is 215 Å². The predicted molar refractivity (Wildman–Crippen MR) is 136 cm³/mol. The highest BCUT2D eigenvalue weighted by molar-refractivity contribution is 8.01. The van der Waals surface area contributed by atoms with Crippen molar-refractivity contribution < 1.29 is 9.59 Å². The molecule has 35 heavy (non-hydrogen) atoms. The molecule has 9 nitrogen and oxygen atoms in total. The van der Waals surface area contributed by atoms with Gasteiger partial charge in [0.05, 0.1) is 0 Å². The molecule has 0 bridgehead atoms. The maximum Gasteiger partial charge on any atom is 0.249 e. The summed E-state index contributed by atoms with van der Waals surface area (Å²) >= 11 is 7.85. The number of benzene rings is 1. The Kier molecular flexibility index (Phi) is 8.34. The molecule has 0 aliphatic carbocycles. The molecule has 2 fully saturated rings. The number of tetrazole rings is 1. The molecule has 190 valence electrons. The summed E-state index contributed by atoms with van der Waals surface area (Å²) in [5.41, 5.74) is 6.81. The first kappa shape index (κ1) is 25.9. The molecular weight excluding hydrogens is 486 g/mol. The number of thioether (sulfide) groups is 1. The summed E-state index contributed by atoms with van der Waals surface area (Å²) in [6, 6.07) is 5.10. The average Bonchev–Trinajstić information content (AvgIpc) is 3.47. The van der Waals surface area contributed by atoms with Gasteiger partial charge in [0.2, 0.25) is 11.8 Å². The fourth-order valence-electron chi connectivity index (χ4n) is 5.18. The van der Waals surface area contributed by atoms with Crippen LogP contribution in [0.3, 0.4) is 0 Å². The smallest absolute Gasteiger partial charge is 0.249 e. The number of unbranched alkanes of at least 4 members (excludes halogenated alkanes) is 4. The van der Waals surface area contributed by atoms with E-state index in [1.165, 1.54) is 0 Å². The van der Waals surface area contributed by atoms with Gasteiger partial charge in [-0.3, -0.25) is 9.59 Å². The van der Waals surface area contributed by atoms with E-state index in [0.29, 0.717) is 16.4 Å². The average molecular weight is 520 g/mol. The third-order valence-corrected chi connectivity index (χ3v) is 9.09. The number of hydrogen-bond donors (Lipinski definition) is 3. The van der Waals surface area contributed by atoms with Crippen LogP contribution in [0.2, 0.25) is 5.02 Å². The van der Waals surface area contributed by atoms with Crippen LogP contribution >= 0.6 is 23.4 Å². The monoisotopic (exact) mass is 519 g/mol. The Morgan fingerprint density at radius 1 is 1.26 bits per heavy atom. The van der Waals surface area contributed by atoms with Crippen molar-refractivity contribution >= 4 is 35.2 Å². The molecular formula is C24H34ClN7O2S. The van der Waals surface area contributed by atoms with Crippen LogP contribution in [0, 0.1) is 0 Å². The Bertz CT molecular complexity index is 1010. The van der Waals surface area contributed by atoms with Gasteiger partial charge >= 0.3 is 0 Å². The molecule has 2 saturated heterocycles. The van der Waals surface area contributed by atoms with E-state index in [4.69, 9.17) is 17.3 Å². The van der Waals surface area contributed by atoms with E-state index in [0.717, 1.165) is 51.4 Å². The summed E-state index contributed by atoms with van der Waals surface area (Å²) in [5.74, 6) is 0.0231. The van der Waals surface area contributed by atoms with Gasteiger partial charge in [0.1, 0.15) is 23.5 Å². The number of rotatable bonds is 12. The van der Waals surface area contributed by atoms with Crippen molar-refractivity contribution in [2.45, 2.75) is 93.5 Å². The number of carbonyl (C=O) groups is 2. The Morgan fingerprint density at radius 3 is 2.57 bits per heavy atom. The van der Waals surface area contributed by atoms with Crippen molar-refractivity contribution in [3.63, 3.8) is 0 Å². The molecule has 4 rings (SSSR count). The van der Waals surface area contributed by atoms with Crippen molar-refractivity contribution in [1.29, 1.82) is 0 Å². The third-order valence-electron chi connectivity index (χ3n) is 7.01. The Balaban J connectivity index is 1.56. The number of hydrogen-bond acceptors (Lipinski definition) is 7. The number of H-pyrrole nitrogens is 1. The topological polar surface area (TPSA) is 130 Å². The Morgan fingerprint density at radius 2 is 1.97 bits per heavy atom. The number of aromatic amines is 1. The lowest BCUT2D eigenvalue weighted by molar-refractivity contribution is -0.152. The van der Waals surface area contributed by atoms with Crippen molar-refractivity contribution in [1.82, 2.24) is 30.8 Å². The number of carbonyl (C=O) groups excluding carboxylic acids is 2. The number of fused-ring (bicyclic) bond motifs is 1. The second kappa shape index (κ2) is 11.3. The quantitative estimate of drug-likeness (QED) is 0.286. The molecule has 1 aromatic carbocycles. The minimum Gasteiger partial charge on any atom is -0.340 e. The molecule has 2 aromatic rings. The number of nitrogens with two attached hydrogens (primary N) is 1. The van der Waals surface area contributed by atoms with Crippen LogP contribution in [-0.2, 0) is 9.59 Å². The van der Waals surface area contributed by atoms with Gasteiger partial charge in [0, 0.05) is 9.77 Å². The molecule has 0 radical (unpaired) electrons. The predicted octanol–water partition coefficient (Wildman–Crippen LogP) is 3.89. The minimum atomic E-state index is -0.908. The van der Waals surface area contributed by atoms with Gasteiger partial charge in [0.25, 0.3) is 0 Å². The van der Waals surface area contributed by atoms with Gasteiger partial charge in [-0.25, -0.2) is 0 Å². The zero-order chi connectivity index (χ0) is 25.0. The summed E-state index contributed by atoms with van der Waals surface area (Å²) in [7, 11) is 0. The van der Waals surface area contributed by atoms with Crippen molar-refractivity contribution in [2.75, 3.05) is 0 Å². The van der Waals surface area contributed by atoms with E-state index in [-0.39, 0.29) is 22.1 Å². The molecule has 3 unspecified atom stereocenters. The molecule has 3 heterocycles. The minimum absolute atomic E-state index is 0.128. The number of aromatic nitrogens is 4. The van der Waals surface area contributed by atoms with Gasteiger partial charge in [-0.05, 0) is 30.5 Å². The second-order valence-electron chi connectivity index (χ2n) is 9.42. The molecule has 0 saturated carbocycles. The van der Waals surface area contributed by atoms with Gasteiger partial charge in [-0.2, -0.15) is 5.21 Å². The first-order chi connectivity index (χ1) is 16.9. The highest BCUT2D eigenvalue weighted by Gasteiger charge is 2.65. The van der Waals surface area contributed by atoms with Crippen LogP contribution in [-0.4, -0.2) is 53.5 Å². The normalized spacial score (nSPS) is 23.6. The molecule has 11 heteroatoms. The first-order valence-corrected chi connectivity index (χ1v) is 13.7. The van der Waals surface area contributed by atoms with Crippen LogP contribution in [0.5, 0.6) is 0 Å². The van der Waals surface area contributed by atoms with Gasteiger partial charge < -0.3 is 16.0 Å². The summed E-state index contributed by atoms with van der Waals surface area (Å²) < 4.78 is -0.219. The number of amides is 2. The van der Waals surface area contributed by atoms with Gasteiger partial charge in [-0.1, -0.05) is 81.3 Å². The van der Waals surface area contributed by atoms with Gasteiger partial charge in [0.15, 0.2) is 5.82 Å². The lowest BCUT2D eigenvalue weighted by atomic mass is 9.84. The van der Waals surface area contributed by atoms with E-state index < -0.39 is 18.0 Å². The number of nitrogens with zero attached hydrogens (tertiary/aromatic N) is 4. The maximum absolute atomic E-state index is 13.4. The fraction of sp³-hybridized carbons (Fsp3) is 0.625. The number of halogens is 1. The van der Waals surface area contributed by atoms with Crippen LogP contribution in [0.1, 0.15) is 88.7 Å². The molecule has 2 aliphatic heterocycles.